The van der Waals surface area contributed by atoms with E-state index < -0.39 is 0 Å². The molecule has 0 spiro atoms. The fraction of sp³-hybridized carbons (Fsp3) is 0.500. The van der Waals surface area contributed by atoms with Crippen LogP contribution in [0.2, 0.25) is 0 Å². The molecule has 0 amide bonds. The fourth-order valence-electron chi connectivity index (χ4n) is 4.31. The average molecular weight is 284 g/mol. The first-order chi connectivity index (χ1) is 10.1. The lowest BCUT2D eigenvalue weighted by atomic mass is 9.80. The third-order valence-electron chi connectivity index (χ3n) is 5.25. The molecule has 2 heterocycles. The van der Waals surface area contributed by atoms with Crippen molar-refractivity contribution in [3.63, 3.8) is 0 Å². The van der Waals surface area contributed by atoms with Crippen molar-refractivity contribution >= 4 is 11.4 Å². The molecule has 1 aromatic rings. The van der Waals surface area contributed by atoms with Crippen LogP contribution in [-0.2, 0) is 14.3 Å². The van der Waals surface area contributed by atoms with E-state index in [-0.39, 0.29) is 29.8 Å². The Hall–Kier alpha value is -1.61. The number of hydrogen-bond donors (Lipinski definition) is 0. The number of ether oxygens (including phenoxy) is 2. The van der Waals surface area contributed by atoms with Gasteiger partial charge >= 0.3 is 0 Å². The molecule has 1 aliphatic carbocycles. The lowest BCUT2D eigenvalue weighted by Crippen LogP contribution is -2.29. The molecule has 3 aliphatic rings. The van der Waals surface area contributed by atoms with E-state index in [9.17, 15) is 4.79 Å². The van der Waals surface area contributed by atoms with Crippen molar-refractivity contribution in [2.75, 3.05) is 7.11 Å². The third kappa shape index (κ3) is 1.67. The number of allylic oxidation sites excluding steroid dienone is 1. The van der Waals surface area contributed by atoms with Crippen LogP contribution in [-0.4, -0.2) is 25.1 Å². The number of rotatable bonds is 2. The molecule has 4 rings (SSSR count). The van der Waals surface area contributed by atoms with Gasteiger partial charge in [-0.3, -0.25) is 4.79 Å². The Labute approximate surface area is 124 Å². The van der Waals surface area contributed by atoms with Crippen LogP contribution in [0.4, 0.5) is 0 Å². The van der Waals surface area contributed by atoms with Crippen molar-refractivity contribution in [1.29, 1.82) is 0 Å². The van der Waals surface area contributed by atoms with Crippen molar-refractivity contribution in [2.24, 2.45) is 11.8 Å². The summed E-state index contributed by atoms with van der Waals surface area (Å²) in [5, 5.41) is 0. The van der Waals surface area contributed by atoms with Crippen molar-refractivity contribution < 1.29 is 14.3 Å². The van der Waals surface area contributed by atoms with Gasteiger partial charge in [0.1, 0.15) is 5.76 Å². The molecule has 0 unspecified atom stereocenters. The van der Waals surface area contributed by atoms with Gasteiger partial charge in [0, 0.05) is 0 Å². The van der Waals surface area contributed by atoms with Crippen molar-refractivity contribution in [1.82, 2.24) is 0 Å². The molecule has 21 heavy (non-hydrogen) atoms. The number of benzene rings is 1. The molecule has 0 radical (unpaired) electrons. The normalized spacial score (nSPS) is 33.8. The molecule has 2 bridgehead atoms. The van der Waals surface area contributed by atoms with E-state index in [0.717, 1.165) is 35.3 Å². The molecule has 0 saturated carbocycles. The standard InChI is InChI=1S/C18H20O3/c1-9-4-5-10(2)11(8-9)14-17(19)15-12-6-7-13(21-12)16(15)18(14)20-3/h4-5,8,12-13,15-16H,6-7H2,1-3H3/t12-,13+,15-,16+/m0/s1. The summed E-state index contributed by atoms with van der Waals surface area (Å²) in [6, 6.07) is 6.27. The summed E-state index contributed by atoms with van der Waals surface area (Å²) >= 11 is 0. The highest BCUT2D eigenvalue weighted by Crippen LogP contribution is 2.54. The Balaban J connectivity index is 1.88. The predicted octanol–water partition coefficient (Wildman–Crippen LogP) is 3.04. The van der Waals surface area contributed by atoms with Gasteiger partial charge < -0.3 is 9.47 Å². The van der Waals surface area contributed by atoms with Crippen LogP contribution in [0.1, 0.15) is 29.5 Å². The van der Waals surface area contributed by atoms with E-state index in [1.807, 2.05) is 0 Å². The van der Waals surface area contributed by atoms with Gasteiger partial charge in [-0.1, -0.05) is 23.8 Å². The zero-order valence-electron chi connectivity index (χ0n) is 12.7. The summed E-state index contributed by atoms with van der Waals surface area (Å²) in [6.07, 6.45) is 2.32. The van der Waals surface area contributed by atoms with Gasteiger partial charge in [0.15, 0.2) is 5.78 Å². The van der Waals surface area contributed by atoms with Crippen LogP contribution in [0.15, 0.2) is 24.0 Å². The van der Waals surface area contributed by atoms with Gasteiger partial charge in [-0.15, -0.1) is 0 Å². The van der Waals surface area contributed by atoms with Crippen LogP contribution in [0.25, 0.3) is 5.57 Å². The first-order valence-corrected chi connectivity index (χ1v) is 7.67. The smallest absolute Gasteiger partial charge is 0.173 e. The minimum atomic E-state index is -0.0198. The second-order valence-electron chi connectivity index (χ2n) is 6.47. The van der Waals surface area contributed by atoms with Crippen LogP contribution >= 0.6 is 0 Å². The highest BCUT2D eigenvalue weighted by molar-refractivity contribution is 6.25. The van der Waals surface area contributed by atoms with Crippen LogP contribution in [0.5, 0.6) is 0 Å². The number of carbonyl (C=O) groups excluding carboxylic acids is 1. The molecule has 3 heteroatoms. The molecular weight excluding hydrogens is 264 g/mol. The van der Waals surface area contributed by atoms with Crippen LogP contribution < -0.4 is 0 Å². The summed E-state index contributed by atoms with van der Waals surface area (Å²) in [7, 11) is 1.68. The second kappa shape index (κ2) is 4.44. The maximum Gasteiger partial charge on any atom is 0.173 e. The van der Waals surface area contributed by atoms with Crippen molar-refractivity contribution in [2.45, 2.75) is 38.9 Å². The zero-order chi connectivity index (χ0) is 14.7. The van der Waals surface area contributed by atoms with Gasteiger partial charge in [0.05, 0.1) is 36.7 Å². The molecule has 4 atom stereocenters. The quantitative estimate of drug-likeness (QED) is 0.837. The highest BCUT2D eigenvalue weighted by atomic mass is 16.5. The van der Waals surface area contributed by atoms with E-state index in [0.29, 0.717) is 0 Å². The van der Waals surface area contributed by atoms with Crippen molar-refractivity contribution in [3.05, 3.63) is 40.6 Å². The number of ketones is 1. The summed E-state index contributed by atoms with van der Waals surface area (Å²) in [6.45, 7) is 4.12. The number of carbonyl (C=O) groups is 1. The van der Waals surface area contributed by atoms with Gasteiger partial charge in [-0.05, 0) is 37.8 Å². The Morgan fingerprint density at radius 2 is 1.86 bits per heavy atom. The van der Waals surface area contributed by atoms with E-state index >= 15 is 0 Å². The van der Waals surface area contributed by atoms with Gasteiger partial charge in [-0.25, -0.2) is 0 Å². The monoisotopic (exact) mass is 284 g/mol. The lowest BCUT2D eigenvalue weighted by molar-refractivity contribution is -0.118. The maximum absolute atomic E-state index is 13.0. The predicted molar refractivity (Wildman–Crippen MR) is 79.7 cm³/mol. The molecule has 0 N–H and O–H groups in total. The maximum atomic E-state index is 13.0. The summed E-state index contributed by atoms with van der Waals surface area (Å²) in [5.74, 6) is 1.19. The highest BCUT2D eigenvalue weighted by Gasteiger charge is 2.59. The number of aryl methyl sites for hydroxylation is 2. The van der Waals surface area contributed by atoms with Crippen molar-refractivity contribution in [3.8, 4) is 0 Å². The fourth-order valence-corrected chi connectivity index (χ4v) is 4.31. The van der Waals surface area contributed by atoms with Crippen LogP contribution in [0.3, 0.4) is 0 Å². The minimum Gasteiger partial charge on any atom is -0.500 e. The summed E-state index contributed by atoms with van der Waals surface area (Å²) in [4.78, 5) is 13.0. The minimum absolute atomic E-state index is 0.0198. The average Bonchev–Trinajstić information content (AvgIpc) is 3.13. The SMILES string of the molecule is COC1=C(c2cc(C)ccc2C)C(=O)[C@@H]2[C@H]1[C@H]1CC[C@@H]2O1. The second-order valence-corrected chi connectivity index (χ2v) is 6.47. The van der Waals surface area contributed by atoms with E-state index in [2.05, 4.69) is 32.0 Å². The topological polar surface area (TPSA) is 35.5 Å². The summed E-state index contributed by atoms with van der Waals surface area (Å²) < 4.78 is 11.6. The molecule has 2 aliphatic heterocycles. The largest absolute Gasteiger partial charge is 0.500 e. The third-order valence-corrected chi connectivity index (χ3v) is 5.25. The van der Waals surface area contributed by atoms with E-state index in [4.69, 9.17) is 9.47 Å². The zero-order valence-corrected chi connectivity index (χ0v) is 12.7. The Kier molecular flexibility index (Phi) is 2.77. The Bertz CT molecular complexity index is 658. The van der Waals surface area contributed by atoms with Gasteiger partial charge in [-0.2, -0.15) is 0 Å². The molecule has 1 aromatic carbocycles. The first-order valence-electron chi connectivity index (χ1n) is 7.67. The number of Topliss-reactive ketones (excluding diaryl/α,β-unsaturated/α-hetero) is 1. The van der Waals surface area contributed by atoms with E-state index in [1.165, 1.54) is 5.56 Å². The van der Waals surface area contributed by atoms with Gasteiger partial charge in [0.25, 0.3) is 0 Å². The van der Waals surface area contributed by atoms with E-state index in [1.54, 1.807) is 7.11 Å². The molecule has 110 valence electrons. The molecule has 2 fully saturated rings. The number of fused-ring (bicyclic) bond motifs is 5. The molecule has 3 nitrogen and oxygen atoms in total. The molecule has 0 aromatic heterocycles. The first kappa shape index (κ1) is 13.1. The number of hydrogen-bond acceptors (Lipinski definition) is 3. The summed E-state index contributed by atoms with van der Waals surface area (Å²) in [5.41, 5.74) is 4.13. The lowest BCUT2D eigenvalue weighted by Gasteiger charge is -2.21. The van der Waals surface area contributed by atoms with Crippen LogP contribution in [0, 0.1) is 25.7 Å². The Morgan fingerprint density at radius 3 is 2.57 bits per heavy atom. The molecular formula is C18H20O3. The number of methoxy groups -OCH3 is 1. The van der Waals surface area contributed by atoms with Gasteiger partial charge in [0.2, 0.25) is 0 Å². The Morgan fingerprint density at radius 1 is 1.14 bits per heavy atom. The molecule has 2 saturated heterocycles.